The average molecular weight is 167 g/mol. The van der Waals surface area contributed by atoms with Crippen molar-refractivity contribution < 1.29 is 18.8 Å². The van der Waals surface area contributed by atoms with Gasteiger partial charge in [-0.15, -0.1) is 0 Å². The maximum Gasteiger partial charge on any atom is 0.323 e. The van der Waals surface area contributed by atoms with Gasteiger partial charge in [0.2, 0.25) is 0 Å². The third-order valence-corrected chi connectivity index (χ3v) is 1.50. The van der Waals surface area contributed by atoms with Crippen molar-refractivity contribution in [3.05, 3.63) is 18.0 Å². The summed E-state index contributed by atoms with van der Waals surface area (Å²) in [5.41, 5.74) is 0.395. The molecule has 2 aromatic heterocycles. The highest BCUT2D eigenvalue weighted by Crippen LogP contribution is 2.19. The monoisotopic (exact) mass is 167 g/mol. The number of aromatic nitrogens is 1. The van der Waals surface area contributed by atoms with Crippen LogP contribution in [0.2, 0.25) is 0 Å². The van der Waals surface area contributed by atoms with Crippen LogP contribution in [-0.2, 0) is 11.2 Å². The molecule has 2 aromatic rings. The Morgan fingerprint density at radius 2 is 2.50 bits per heavy atom. The minimum Gasteiger partial charge on any atom is -0.481 e. The zero-order chi connectivity index (χ0) is 8.55. The van der Waals surface area contributed by atoms with Crippen LogP contribution < -0.4 is 0 Å². The van der Waals surface area contributed by atoms with E-state index in [0.717, 1.165) is 0 Å². The molecule has 2 heterocycles. The number of carboxylic acids is 1. The predicted molar refractivity (Wildman–Crippen MR) is 37.6 cm³/mol. The van der Waals surface area contributed by atoms with E-state index in [1.54, 1.807) is 6.07 Å². The molecule has 0 aliphatic heterocycles. The van der Waals surface area contributed by atoms with Crippen molar-refractivity contribution in [2.75, 3.05) is 0 Å². The highest BCUT2D eigenvalue weighted by atomic mass is 16.5. The molecular formula is C7H5NO4. The molecule has 1 N–H and O–H groups in total. The molecule has 0 aliphatic carbocycles. The van der Waals surface area contributed by atoms with Crippen LogP contribution in [0.4, 0.5) is 0 Å². The number of nitrogens with zero attached hydrogens (tertiary/aromatic N) is 1. The van der Waals surface area contributed by atoms with Gasteiger partial charge in [-0.2, -0.15) is 0 Å². The summed E-state index contributed by atoms with van der Waals surface area (Å²) in [7, 11) is 0. The van der Waals surface area contributed by atoms with Crippen LogP contribution in [0.3, 0.4) is 0 Å². The van der Waals surface area contributed by atoms with Gasteiger partial charge in [0.25, 0.3) is 0 Å². The van der Waals surface area contributed by atoms with Gasteiger partial charge in [0, 0.05) is 0 Å². The summed E-state index contributed by atoms with van der Waals surface area (Å²) in [5, 5.41) is 12.6. The minimum absolute atomic E-state index is 0.146. The van der Waals surface area contributed by atoms with E-state index in [1.807, 2.05) is 0 Å². The molecule has 0 saturated heterocycles. The molecule has 62 valence electrons. The molecule has 0 aliphatic rings. The SMILES string of the molecule is O=C(O)Cc1noc2occc12. The third kappa shape index (κ3) is 0.952. The second kappa shape index (κ2) is 2.37. The van der Waals surface area contributed by atoms with Crippen molar-refractivity contribution in [2.45, 2.75) is 6.42 Å². The Kier molecular flexibility index (Phi) is 1.36. The fourth-order valence-electron chi connectivity index (χ4n) is 0.997. The van der Waals surface area contributed by atoms with Crippen molar-refractivity contribution in [1.29, 1.82) is 0 Å². The zero-order valence-electron chi connectivity index (χ0n) is 5.98. The lowest BCUT2D eigenvalue weighted by molar-refractivity contribution is -0.136. The number of furan rings is 1. The first-order valence-electron chi connectivity index (χ1n) is 3.31. The highest BCUT2D eigenvalue weighted by Gasteiger charge is 2.12. The third-order valence-electron chi connectivity index (χ3n) is 1.50. The number of carbonyl (C=O) groups is 1. The van der Waals surface area contributed by atoms with Crippen LogP contribution in [0, 0.1) is 0 Å². The number of hydrogen-bond donors (Lipinski definition) is 1. The van der Waals surface area contributed by atoms with E-state index < -0.39 is 5.97 Å². The zero-order valence-corrected chi connectivity index (χ0v) is 5.98. The molecule has 5 heteroatoms. The van der Waals surface area contributed by atoms with Crippen LogP contribution in [0.15, 0.2) is 21.3 Å². The summed E-state index contributed by atoms with van der Waals surface area (Å²) in [6.45, 7) is 0. The first kappa shape index (κ1) is 6.90. The predicted octanol–water partition coefficient (Wildman–Crippen LogP) is 1.05. The van der Waals surface area contributed by atoms with E-state index in [0.29, 0.717) is 11.1 Å². The highest BCUT2D eigenvalue weighted by molar-refractivity contribution is 5.80. The van der Waals surface area contributed by atoms with Gasteiger partial charge >= 0.3 is 11.7 Å². The molecule has 0 fully saturated rings. The molecule has 12 heavy (non-hydrogen) atoms. The Balaban J connectivity index is 2.47. The average Bonchev–Trinajstić information content (AvgIpc) is 2.52. The van der Waals surface area contributed by atoms with Gasteiger partial charge in [-0.05, 0) is 6.07 Å². The topological polar surface area (TPSA) is 76.5 Å². The van der Waals surface area contributed by atoms with Crippen LogP contribution in [-0.4, -0.2) is 16.2 Å². The van der Waals surface area contributed by atoms with E-state index in [1.165, 1.54) is 6.26 Å². The van der Waals surface area contributed by atoms with Crippen molar-refractivity contribution >= 4 is 17.1 Å². The molecule has 0 saturated carbocycles. The largest absolute Gasteiger partial charge is 0.481 e. The van der Waals surface area contributed by atoms with Gasteiger partial charge in [-0.1, -0.05) is 5.16 Å². The van der Waals surface area contributed by atoms with Crippen molar-refractivity contribution in [1.82, 2.24) is 5.16 Å². The minimum atomic E-state index is -0.939. The molecule has 0 atom stereocenters. The smallest absolute Gasteiger partial charge is 0.323 e. The molecule has 0 bridgehead atoms. The maximum absolute atomic E-state index is 10.3. The Morgan fingerprint density at radius 1 is 1.67 bits per heavy atom. The summed E-state index contributed by atoms with van der Waals surface area (Å²) in [6.07, 6.45) is 1.29. The van der Waals surface area contributed by atoms with Crippen LogP contribution in [0.1, 0.15) is 5.69 Å². The number of hydrogen-bond acceptors (Lipinski definition) is 4. The summed E-state index contributed by atoms with van der Waals surface area (Å²) < 4.78 is 9.57. The summed E-state index contributed by atoms with van der Waals surface area (Å²) in [6, 6.07) is 1.63. The second-order valence-corrected chi connectivity index (χ2v) is 2.32. The molecule has 0 spiro atoms. The van der Waals surface area contributed by atoms with Gasteiger partial charge in [0.1, 0.15) is 5.69 Å². The van der Waals surface area contributed by atoms with Crippen LogP contribution in [0.25, 0.3) is 11.2 Å². The molecular weight excluding hydrogens is 162 g/mol. The van der Waals surface area contributed by atoms with E-state index in [-0.39, 0.29) is 12.2 Å². The van der Waals surface area contributed by atoms with E-state index in [2.05, 4.69) is 5.16 Å². The normalized spacial score (nSPS) is 10.7. The Bertz CT molecular complexity index is 414. The molecule has 5 nitrogen and oxygen atoms in total. The summed E-state index contributed by atoms with van der Waals surface area (Å²) in [5.74, 6) is -0.669. The van der Waals surface area contributed by atoms with Crippen LogP contribution in [0.5, 0.6) is 0 Å². The Morgan fingerprint density at radius 3 is 3.25 bits per heavy atom. The van der Waals surface area contributed by atoms with Gasteiger partial charge in [-0.25, -0.2) is 0 Å². The first-order chi connectivity index (χ1) is 5.77. The summed E-state index contributed by atoms with van der Waals surface area (Å²) >= 11 is 0. The quantitative estimate of drug-likeness (QED) is 0.723. The van der Waals surface area contributed by atoms with Crippen molar-refractivity contribution in [3.63, 3.8) is 0 Å². The van der Waals surface area contributed by atoms with Crippen molar-refractivity contribution in [3.8, 4) is 0 Å². The van der Waals surface area contributed by atoms with E-state index in [4.69, 9.17) is 14.0 Å². The standard InChI is InChI=1S/C7H5NO4/c9-6(10)3-5-4-1-2-11-7(4)12-8-5/h1-2H,3H2,(H,9,10). The number of aliphatic carboxylic acids is 1. The number of carboxylic acid groups (broad SMARTS) is 1. The first-order valence-corrected chi connectivity index (χ1v) is 3.31. The lowest BCUT2D eigenvalue weighted by Crippen LogP contribution is -1.99. The maximum atomic E-state index is 10.3. The van der Waals surface area contributed by atoms with E-state index >= 15 is 0 Å². The number of rotatable bonds is 2. The second-order valence-electron chi connectivity index (χ2n) is 2.32. The Hall–Kier alpha value is -1.78. The summed E-state index contributed by atoms with van der Waals surface area (Å²) in [4.78, 5) is 10.3. The molecule has 0 unspecified atom stereocenters. The van der Waals surface area contributed by atoms with E-state index in [9.17, 15) is 4.79 Å². The molecule has 0 aromatic carbocycles. The van der Waals surface area contributed by atoms with Gasteiger partial charge < -0.3 is 14.0 Å². The van der Waals surface area contributed by atoms with Crippen LogP contribution >= 0.6 is 0 Å². The fourth-order valence-corrected chi connectivity index (χ4v) is 0.997. The molecule has 2 rings (SSSR count). The lowest BCUT2D eigenvalue weighted by Gasteiger charge is -1.84. The van der Waals surface area contributed by atoms with Gasteiger partial charge in [0.15, 0.2) is 0 Å². The van der Waals surface area contributed by atoms with Crippen molar-refractivity contribution in [2.24, 2.45) is 0 Å². The van der Waals surface area contributed by atoms with Gasteiger partial charge in [-0.3, -0.25) is 4.79 Å². The number of fused-ring (bicyclic) bond motifs is 1. The van der Waals surface area contributed by atoms with Gasteiger partial charge in [0.05, 0.1) is 18.1 Å². The molecule has 0 radical (unpaired) electrons. The Labute approximate surface area is 66.6 Å². The molecule has 0 amide bonds. The fraction of sp³-hybridized carbons (Fsp3) is 0.143. The lowest BCUT2D eigenvalue weighted by atomic mass is 10.2.